The monoisotopic (exact) mass is 247 g/mol. The number of pyridine rings is 1. The minimum absolute atomic E-state index is 0.113. The number of nitriles is 1. The number of carboxylic acid groups (broad SMARTS) is 1. The Morgan fingerprint density at radius 3 is 2.83 bits per heavy atom. The molecule has 0 aliphatic rings. The average molecular weight is 247 g/mol. The van der Waals surface area contributed by atoms with Crippen LogP contribution in [0, 0.1) is 17.2 Å². The molecule has 1 heterocycles. The predicted octanol–water partition coefficient (Wildman–Crippen LogP) is 1.01. The van der Waals surface area contributed by atoms with Gasteiger partial charge in [0.15, 0.2) is 0 Å². The molecule has 18 heavy (non-hydrogen) atoms. The summed E-state index contributed by atoms with van der Waals surface area (Å²) in [5.41, 5.74) is -0.253. The first-order valence-electron chi connectivity index (χ1n) is 5.30. The van der Waals surface area contributed by atoms with Crippen LogP contribution in [0.25, 0.3) is 0 Å². The third kappa shape index (κ3) is 3.04. The lowest BCUT2D eigenvalue weighted by Gasteiger charge is -2.18. The van der Waals surface area contributed by atoms with E-state index in [1.807, 2.05) is 6.07 Å². The van der Waals surface area contributed by atoms with Gasteiger partial charge in [0.1, 0.15) is 5.69 Å². The quantitative estimate of drug-likeness (QED) is 0.856. The summed E-state index contributed by atoms with van der Waals surface area (Å²) < 4.78 is 0. The average Bonchev–Trinajstić information content (AvgIpc) is 2.37. The van der Waals surface area contributed by atoms with Crippen LogP contribution >= 0.6 is 0 Å². The molecule has 1 aromatic heterocycles. The molecule has 0 spiro atoms. The van der Waals surface area contributed by atoms with Crippen molar-refractivity contribution in [1.29, 1.82) is 5.26 Å². The van der Waals surface area contributed by atoms with Gasteiger partial charge in [-0.1, -0.05) is 0 Å². The normalized spacial score (nSPS) is 11.4. The van der Waals surface area contributed by atoms with Crippen molar-refractivity contribution >= 4 is 11.9 Å². The van der Waals surface area contributed by atoms with E-state index in [0.29, 0.717) is 0 Å². The van der Waals surface area contributed by atoms with Crippen LogP contribution in [-0.2, 0) is 0 Å². The zero-order valence-electron chi connectivity index (χ0n) is 10.1. The molecule has 1 unspecified atom stereocenters. The summed E-state index contributed by atoms with van der Waals surface area (Å²) in [6, 6.07) is 4.79. The van der Waals surface area contributed by atoms with Crippen LogP contribution in [0.4, 0.5) is 0 Å². The predicted molar refractivity (Wildman–Crippen MR) is 62.9 cm³/mol. The number of aromatic nitrogens is 1. The number of aromatic carboxylic acids is 1. The summed E-state index contributed by atoms with van der Waals surface area (Å²) in [5.74, 6) is -2.03. The lowest BCUT2D eigenvalue weighted by atomic mass is 10.1. The third-order valence-electron chi connectivity index (χ3n) is 2.36. The SMILES string of the molecule is CC(C#N)CN(C)C(=O)c1ncccc1C(=O)O. The highest BCUT2D eigenvalue weighted by atomic mass is 16.4. The maximum atomic E-state index is 12.0. The summed E-state index contributed by atoms with van der Waals surface area (Å²) in [6.07, 6.45) is 1.36. The van der Waals surface area contributed by atoms with Crippen LogP contribution in [-0.4, -0.2) is 40.5 Å². The third-order valence-corrected chi connectivity index (χ3v) is 2.36. The molecule has 6 nitrogen and oxygen atoms in total. The highest BCUT2D eigenvalue weighted by molar-refractivity contribution is 6.03. The second-order valence-electron chi connectivity index (χ2n) is 3.92. The Bertz CT molecular complexity index is 508. The summed E-state index contributed by atoms with van der Waals surface area (Å²) in [4.78, 5) is 28.1. The highest BCUT2D eigenvalue weighted by Gasteiger charge is 2.21. The van der Waals surface area contributed by atoms with Gasteiger partial charge < -0.3 is 10.0 Å². The highest BCUT2D eigenvalue weighted by Crippen LogP contribution is 2.09. The Morgan fingerprint density at radius 2 is 2.28 bits per heavy atom. The molecule has 1 atom stereocenters. The van der Waals surface area contributed by atoms with Gasteiger partial charge in [-0.05, 0) is 19.1 Å². The summed E-state index contributed by atoms with van der Waals surface area (Å²) in [5, 5.41) is 17.6. The lowest BCUT2D eigenvalue weighted by molar-refractivity contribution is 0.0678. The van der Waals surface area contributed by atoms with Gasteiger partial charge in [0, 0.05) is 19.8 Å². The molecule has 0 bridgehead atoms. The van der Waals surface area contributed by atoms with Crippen molar-refractivity contribution in [2.45, 2.75) is 6.92 Å². The van der Waals surface area contributed by atoms with E-state index in [2.05, 4.69) is 4.98 Å². The van der Waals surface area contributed by atoms with E-state index in [1.165, 1.54) is 30.3 Å². The van der Waals surface area contributed by atoms with Crippen LogP contribution < -0.4 is 0 Å². The molecule has 6 heteroatoms. The summed E-state index contributed by atoms with van der Waals surface area (Å²) in [7, 11) is 1.51. The molecule has 0 aliphatic carbocycles. The summed E-state index contributed by atoms with van der Waals surface area (Å²) >= 11 is 0. The molecule has 0 fully saturated rings. The van der Waals surface area contributed by atoms with Gasteiger partial charge in [-0.15, -0.1) is 0 Å². The van der Waals surface area contributed by atoms with E-state index in [1.54, 1.807) is 6.92 Å². The fraction of sp³-hybridized carbons (Fsp3) is 0.333. The number of amides is 1. The maximum absolute atomic E-state index is 12.0. The second kappa shape index (κ2) is 5.77. The van der Waals surface area contributed by atoms with Gasteiger partial charge in [-0.25, -0.2) is 4.79 Å². The molecular weight excluding hydrogens is 234 g/mol. The minimum Gasteiger partial charge on any atom is -0.478 e. The van der Waals surface area contributed by atoms with Crippen LogP contribution in [0.15, 0.2) is 18.3 Å². The van der Waals surface area contributed by atoms with Crippen LogP contribution in [0.1, 0.15) is 27.8 Å². The number of carboxylic acids is 1. The fourth-order valence-electron chi connectivity index (χ4n) is 1.46. The van der Waals surface area contributed by atoms with Crippen molar-refractivity contribution in [2.24, 2.45) is 5.92 Å². The second-order valence-corrected chi connectivity index (χ2v) is 3.92. The van der Waals surface area contributed by atoms with Crippen LogP contribution in [0.3, 0.4) is 0 Å². The first-order chi connectivity index (χ1) is 8.47. The van der Waals surface area contributed by atoms with Crippen molar-refractivity contribution in [3.63, 3.8) is 0 Å². The topological polar surface area (TPSA) is 94.3 Å². The molecule has 0 aliphatic heterocycles. The Labute approximate surface area is 104 Å². The van der Waals surface area contributed by atoms with Gasteiger partial charge in [-0.3, -0.25) is 9.78 Å². The van der Waals surface area contributed by atoms with E-state index in [9.17, 15) is 9.59 Å². The number of hydrogen-bond donors (Lipinski definition) is 1. The zero-order valence-corrected chi connectivity index (χ0v) is 10.1. The molecule has 1 aromatic rings. The Hall–Kier alpha value is -2.42. The van der Waals surface area contributed by atoms with Crippen molar-refractivity contribution in [2.75, 3.05) is 13.6 Å². The molecule has 0 saturated heterocycles. The fourth-order valence-corrected chi connectivity index (χ4v) is 1.46. The van der Waals surface area contributed by atoms with Gasteiger partial charge in [0.25, 0.3) is 5.91 Å². The molecule has 0 aromatic carbocycles. The van der Waals surface area contributed by atoms with E-state index in [4.69, 9.17) is 10.4 Å². The van der Waals surface area contributed by atoms with Gasteiger partial charge in [0.05, 0.1) is 17.6 Å². The van der Waals surface area contributed by atoms with E-state index in [-0.39, 0.29) is 23.7 Å². The molecule has 0 saturated carbocycles. The Morgan fingerprint density at radius 1 is 1.61 bits per heavy atom. The standard InChI is InChI=1S/C12H13N3O3/c1-8(6-13)7-15(2)11(16)10-9(12(17)18)4-3-5-14-10/h3-5,8H,7H2,1-2H3,(H,17,18). The smallest absolute Gasteiger partial charge is 0.338 e. The number of nitrogens with zero attached hydrogens (tertiary/aromatic N) is 3. The maximum Gasteiger partial charge on any atom is 0.338 e. The van der Waals surface area contributed by atoms with E-state index in [0.717, 1.165) is 0 Å². The molecular formula is C12H13N3O3. The minimum atomic E-state index is -1.20. The van der Waals surface area contributed by atoms with Crippen molar-refractivity contribution in [3.8, 4) is 6.07 Å². The van der Waals surface area contributed by atoms with Crippen LogP contribution in [0.5, 0.6) is 0 Å². The molecule has 94 valence electrons. The first-order valence-corrected chi connectivity index (χ1v) is 5.30. The largest absolute Gasteiger partial charge is 0.478 e. The van der Waals surface area contributed by atoms with Gasteiger partial charge in [0.2, 0.25) is 0 Å². The van der Waals surface area contributed by atoms with Crippen LogP contribution in [0.2, 0.25) is 0 Å². The van der Waals surface area contributed by atoms with Crippen molar-refractivity contribution in [1.82, 2.24) is 9.88 Å². The van der Waals surface area contributed by atoms with Gasteiger partial charge in [-0.2, -0.15) is 5.26 Å². The Balaban J connectivity index is 2.98. The first kappa shape index (κ1) is 13.6. The van der Waals surface area contributed by atoms with Gasteiger partial charge >= 0.3 is 5.97 Å². The molecule has 1 N–H and O–H groups in total. The van der Waals surface area contributed by atoms with Crippen molar-refractivity contribution in [3.05, 3.63) is 29.6 Å². The molecule has 0 radical (unpaired) electrons. The zero-order chi connectivity index (χ0) is 13.7. The Kier molecular flexibility index (Phi) is 4.38. The lowest BCUT2D eigenvalue weighted by Crippen LogP contribution is -2.32. The molecule has 1 rings (SSSR count). The molecule has 1 amide bonds. The number of carbonyl (C=O) groups is 2. The summed E-state index contributed by atoms with van der Waals surface area (Å²) in [6.45, 7) is 1.91. The van der Waals surface area contributed by atoms with Crippen molar-refractivity contribution < 1.29 is 14.7 Å². The number of carbonyl (C=O) groups excluding carboxylic acids is 1. The number of hydrogen-bond acceptors (Lipinski definition) is 4. The number of rotatable bonds is 4. The van der Waals surface area contributed by atoms with E-state index < -0.39 is 11.9 Å². The van der Waals surface area contributed by atoms with E-state index >= 15 is 0 Å².